The summed E-state index contributed by atoms with van der Waals surface area (Å²) in [5.41, 5.74) is 3.17. The molecule has 0 amide bonds. The van der Waals surface area contributed by atoms with E-state index in [-0.39, 0.29) is 0 Å². The van der Waals surface area contributed by atoms with E-state index in [1.54, 1.807) is 0 Å². The first-order valence-electron chi connectivity index (χ1n) is 4.74. The lowest BCUT2D eigenvalue weighted by atomic mass is 10.1. The molecule has 14 heavy (non-hydrogen) atoms. The number of hydrogen-bond donors (Lipinski definition) is 0. The van der Waals surface area contributed by atoms with Crippen molar-refractivity contribution in [3.05, 3.63) is 42.0 Å². The maximum atomic E-state index is 8.99. The molecule has 0 atom stereocenters. The molecular formula is C12H12N2. The molecule has 0 fully saturated rings. The molecule has 0 radical (unpaired) electrons. The van der Waals surface area contributed by atoms with Crippen molar-refractivity contribution in [2.45, 2.75) is 6.42 Å². The minimum Gasteiger partial charge on any atom is -0.366 e. The van der Waals surface area contributed by atoms with Gasteiger partial charge in [0.25, 0.3) is 0 Å². The van der Waals surface area contributed by atoms with Crippen LogP contribution in [0.5, 0.6) is 0 Å². The van der Waals surface area contributed by atoms with Crippen molar-refractivity contribution in [2.24, 2.45) is 0 Å². The Morgan fingerprint density at radius 2 is 2.43 bits per heavy atom. The van der Waals surface area contributed by atoms with Crippen molar-refractivity contribution >= 4 is 5.69 Å². The molecule has 1 aliphatic rings. The average molecular weight is 184 g/mol. The molecule has 0 saturated heterocycles. The summed E-state index contributed by atoms with van der Waals surface area (Å²) < 4.78 is 0. The Hall–Kier alpha value is -1.75. The zero-order valence-corrected chi connectivity index (χ0v) is 8.03. The smallest absolute Gasteiger partial charge is 0.101 e. The van der Waals surface area contributed by atoms with Gasteiger partial charge in [-0.25, -0.2) is 0 Å². The lowest BCUT2D eigenvalue weighted by Gasteiger charge is -2.17. The summed E-state index contributed by atoms with van der Waals surface area (Å²) in [5.74, 6) is 0. The van der Waals surface area contributed by atoms with Gasteiger partial charge in [-0.05, 0) is 18.1 Å². The number of para-hydroxylation sites is 1. The maximum Gasteiger partial charge on any atom is 0.101 e. The Balaban J connectivity index is 2.46. The van der Waals surface area contributed by atoms with Crippen molar-refractivity contribution < 1.29 is 0 Å². The van der Waals surface area contributed by atoms with Gasteiger partial charge < -0.3 is 4.90 Å². The maximum absolute atomic E-state index is 8.99. The molecule has 2 heteroatoms. The summed E-state index contributed by atoms with van der Waals surface area (Å²) in [6, 6.07) is 8.16. The minimum absolute atomic E-state index is 0.779. The third-order valence-electron chi connectivity index (χ3n) is 2.56. The largest absolute Gasteiger partial charge is 0.366 e. The summed E-state index contributed by atoms with van der Waals surface area (Å²) in [7, 11) is 0. The zero-order valence-electron chi connectivity index (χ0n) is 8.03. The van der Waals surface area contributed by atoms with E-state index in [1.807, 2.05) is 18.2 Å². The highest BCUT2D eigenvalue weighted by atomic mass is 15.1. The highest BCUT2D eigenvalue weighted by Gasteiger charge is 2.20. The molecule has 0 aliphatic carbocycles. The van der Waals surface area contributed by atoms with Gasteiger partial charge in [-0.3, -0.25) is 0 Å². The van der Waals surface area contributed by atoms with Gasteiger partial charge in [-0.15, -0.1) is 6.58 Å². The number of rotatable bonds is 2. The first-order valence-corrected chi connectivity index (χ1v) is 4.74. The van der Waals surface area contributed by atoms with Gasteiger partial charge >= 0.3 is 0 Å². The molecular weight excluding hydrogens is 172 g/mol. The summed E-state index contributed by atoms with van der Waals surface area (Å²) >= 11 is 0. The number of nitriles is 1. The second-order valence-corrected chi connectivity index (χ2v) is 3.41. The van der Waals surface area contributed by atoms with E-state index in [0.29, 0.717) is 0 Å². The van der Waals surface area contributed by atoms with Gasteiger partial charge in [0.05, 0.1) is 11.3 Å². The first-order chi connectivity index (χ1) is 6.86. The highest BCUT2D eigenvalue weighted by molar-refractivity contribution is 5.67. The van der Waals surface area contributed by atoms with Crippen LogP contribution in [-0.2, 0) is 6.42 Å². The van der Waals surface area contributed by atoms with Crippen molar-refractivity contribution in [3.63, 3.8) is 0 Å². The topological polar surface area (TPSA) is 27.0 Å². The molecule has 1 heterocycles. The fourth-order valence-electron chi connectivity index (χ4n) is 1.96. The number of benzene rings is 1. The van der Waals surface area contributed by atoms with E-state index >= 15 is 0 Å². The van der Waals surface area contributed by atoms with Gasteiger partial charge in [0.1, 0.15) is 6.07 Å². The number of nitrogens with zero attached hydrogens (tertiary/aromatic N) is 2. The van der Waals surface area contributed by atoms with Crippen LogP contribution in [0.1, 0.15) is 11.1 Å². The lowest BCUT2D eigenvalue weighted by Crippen LogP contribution is -2.20. The van der Waals surface area contributed by atoms with Crippen LogP contribution in [0.3, 0.4) is 0 Å². The molecule has 2 nitrogen and oxygen atoms in total. The summed E-state index contributed by atoms with van der Waals surface area (Å²) in [6.07, 6.45) is 2.92. The predicted molar refractivity (Wildman–Crippen MR) is 57.3 cm³/mol. The second kappa shape index (κ2) is 3.55. The molecule has 1 aromatic carbocycles. The lowest BCUT2D eigenvalue weighted by molar-refractivity contribution is 0.904. The molecule has 2 rings (SSSR count). The fraction of sp³-hybridized carbons (Fsp3) is 0.250. The number of hydrogen-bond acceptors (Lipinski definition) is 2. The van der Waals surface area contributed by atoms with Crippen LogP contribution < -0.4 is 4.90 Å². The minimum atomic E-state index is 0.779. The van der Waals surface area contributed by atoms with Crippen LogP contribution in [0.4, 0.5) is 5.69 Å². The molecule has 1 aliphatic heterocycles. The molecule has 0 N–H and O–H groups in total. The third-order valence-corrected chi connectivity index (χ3v) is 2.56. The van der Waals surface area contributed by atoms with Crippen LogP contribution in [-0.4, -0.2) is 13.1 Å². The van der Waals surface area contributed by atoms with Gasteiger partial charge in [0.2, 0.25) is 0 Å². The summed E-state index contributed by atoms with van der Waals surface area (Å²) in [4.78, 5) is 2.21. The molecule has 0 bridgehead atoms. The zero-order chi connectivity index (χ0) is 9.97. The van der Waals surface area contributed by atoms with E-state index in [9.17, 15) is 0 Å². The Morgan fingerprint density at radius 3 is 3.14 bits per heavy atom. The average Bonchev–Trinajstić information content (AvgIpc) is 2.62. The van der Waals surface area contributed by atoms with Crippen LogP contribution >= 0.6 is 0 Å². The Labute approximate surface area is 84.1 Å². The van der Waals surface area contributed by atoms with Gasteiger partial charge in [-0.2, -0.15) is 5.26 Å². The second-order valence-electron chi connectivity index (χ2n) is 3.41. The van der Waals surface area contributed by atoms with Gasteiger partial charge in [0, 0.05) is 13.1 Å². The van der Waals surface area contributed by atoms with Crippen molar-refractivity contribution in [3.8, 4) is 6.07 Å². The van der Waals surface area contributed by atoms with Crippen molar-refractivity contribution in [2.75, 3.05) is 18.0 Å². The Bertz CT molecular complexity index is 401. The third kappa shape index (κ3) is 1.27. The molecule has 1 aromatic rings. The molecule has 70 valence electrons. The number of fused-ring (bicyclic) bond motifs is 1. The van der Waals surface area contributed by atoms with E-state index in [1.165, 1.54) is 5.56 Å². The predicted octanol–water partition coefficient (Wildman–Crippen LogP) is 2.11. The normalized spacial score (nSPS) is 13.5. The standard InChI is InChI=1S/C12H12N2/c1-2-7-14-8-6-10-4-3-5-11(9-13)12(10)14/h2-5H,1,6-8H2. The van der Waals surface area contributed by atoms with Crippen LogP contribution in [0.2, 0.25) is 0 Å². The molecule has 0 saturated carbocycles. The first kappa shape index (κ1) is 8.83. The number of anilines is 1. The van der Waals surface area contributed by atoms with E-state index in [0.717, 1.165) is 30.8 Å². The van der Waals surface area contributed by atoms with Gasteiger partial charge in [-0.1, -0.05) is 18.2 Å². The van der Waals surface area contributed by atoms with E-state index < -0.39 is 0 Å². The summed E-state index contributed by atoms with van der Waals surface area (Å²) in [5, 5.41) is 8.99. The Morgan fingerprint density at radius 1 is 1.57 bits per heavy atom. The fourth-order valence-corrected chi connectivity index (χ4v) is 1.96. The molecule has 0 aromatic heterocycles. The van der Waals surface area contributed by atoms with E-state index in [2.05, 4.69) is 23.6 Å². The van der Waals surface area contributed by atoms with Crippen molar-refractivity contribution in [1.29, 1.82) is 5.26 Å². The summed E-state index contributed by atoms with van der Waals surface area (Å²) in [6.45, 7) is 5.55. The molecule has 0 unspecified atom stereocenters. The highest BCUT2D eigenvalue weighted by Crippen LogP contribution is 2.30. The Kier molecular flexibility index (Phi) is 2.24. The SMILES string of the molecule is C=CCN1CCc2cccc(C#N)c21. The molecule has 0 spiro atoms. The van der Waals surface area contributed by atoms with Crippen LogP contribution in [0, 0.1) is 11.3 Å². The van der Waals surface area contributed by atoms with Gasteiger partial charge in [0.15, 0.2) is 0 Å². The van der Waals surface area contributed by atoms with Crippen molar-refractivity contribution in [1.82, 2.24) is 0 Å². The van der Waals surface area contributed by atoms with Crippen LogP contribution in [0.15, 0.2) is 30.9 Å². The van der Waals surface area contributed by atoms with E-state index in [4.69, 9.17) is 5.26 Å². The monoisotopic (exact) mass is 184 g/mol. The quantitative estimate of drug-likeness (QED) is 0.658. The van der Waals surface area contributed by atoms with Crippen LogP contribution in [0.25, 0.3) is 0 Å².